The average molecular weight is 320 g/mol. The third kappa shape index (κ3) is 4.69. The standard InChI is InChI=1S/C17H25N3O3/c1-12(20-9-3-4-14(11-20)16(18)21)17(22)19-10-13-5-7-15(23-2)8-6-13/h5-8,12,14H,3-4,9-11H2,1-2H3,(H2,18,21)(H,19,22)/p+1/t12-,14-/m0/s1. The molecule has 1 saturated heterocycles. The van der Waals surface area contributed by atoms with Crippen molar-refractivity contribution in [2.75, 3.05) is 20.2 Å². The number of nitrogens with one attached hydrogen (secondary N) is 2. The van der Waals surface area contributed by atoms with Crippen molar-refractivity contribution < 1.29 is 19.2 Å². The van der Waals surface area contributed by atoms with E-state index in [1.165, 1.54) is 0 Å². The van der Waals surface area contributed by atoms with Crippen molar-refractivity contribution in [3.63, 3.8) is 0 Å². The summed E-state index contributed by atoms with van der Waals surface area (Å²) < 4.78 is 5.11. The Balaban J connectivity index is 1.85. The summed E-state index contributed by atoms with van der Waals surface area (Å²) in [5.74, 6) is 0.424. The number of methoxy groups -OCH3 is 1. The van der Waals surface area contributed by atoms with Crippen molar-refractivity contribution in [2.45, 2.75) is 32.4 Å². The number of ether oxygens (including phenoxy) is 1. The van der Waals surface area contributed by atoms with E-state index in [4.69, 9.17) is 10.5 Å². The Labute approximate surface area is 137 Å². The van der Waals surface area contributed by atoms with Gasteiger partial charge < -0.3 is 20.7 Å². The summed E-state index contributed by atoms with van der Waals surface area (Å²) in [6.07, 6.45) is 1.76. The third-order valence-electron chi connectivity index (χ3n) is 4.59. The summed E-state index contributed by atoms with van der Waals surface area (Å²) in [5.41, 5.74) is 6.42. The summed E-state index contributed by atoms with van der Waals surface area (Å²) >= 11 is 0. The van der Waals surface area contributed by atoms with Crippen molar-refractivity contribution in [1.29, 1.82) is 0 Å². The number of primary amides is 1. The van der Waals surface area contributed by atoms with E-state index in [0.29, 0.717) is 13.1 Å². The van der Waals surface area contributed by atoms with Gasteiger partial charge in [0.1, 0.15) is 5.75 Å². The third-order valence-corrected chi connectivity index (χ3v) is 4.59. The maximum atomic E-state index is 12.3. The van der Waals surface area contributed by atoms with E-state index in [9.17, 15) is 9.59 Å². The molecule has 6 nitrogen and oxygen atoms in total. The number of benzene rings is 1. The molecule has 2 rings (SSSR count). The van der Waals surface area contributed by atoms with Crippen LogP contribution in [0, 0.1) is 5.92 Å². The van der Waals surface area contributed by atoms with Gasteiger partial charge in [0.05, 0.1) is 26.1 Å². The summed E-state index contributed by atoms with van der Waals surface area (Å²) in [6, 6.07) is 7.42. The molecule has 4 N–H and O–H groups in total. The number of rotatable bonds is 6. The Morgan fingerprint density at radius 3 is 2.70 bits per heavy atom. The number of carbonyl (C=O) groups is 2. The van der Waals surface area contributed by atoms with E-state index < -0.39 is 0 Å². The molecule has 2 amide bonds. The predicted octanol–water partition coefficient (Wildman–Crippen LogP) is -0.520. The Morgan fingerprint density at radius 1 is 1.39 bits per heavy atom. The monoisotopic (exact) mass is 320 g/mol. The number of nitrogens with two attached hydrogens (primary N) is 1. The van der Waals surface area contributed by atoms with Gasteiger partial charge in [0.15, 0.2) is 6.04 Å². The van der Waals surface area contributed by atoms with Crippen LogP contribution >= 0.6 is 0 Å². The van der Waals surface area contributed by atoms with Gasteiger partial charge in [-0.3, -0.25) is 9.59 Å². The van der Waals surface area contributed by atoms with Gasteiger partial charge in [-0.15, -0.1) is 0 Å². The van der Waals surface area contributed by atoms with E-state index in [0.717, 1.165) is 35.6 Å². The lowest BCUT2D eigenvalue weighted by molar-refractivity contribution is -0.921. The molecule has 0 aromatic heterocycles. The molecule has 0 bridgehead atoms. The lowest BCUT2D eigenvalue weighted by atomic mass is 9.96. The van der Waals surface area contributed by atoms with Gasteiger partial charge in [0, 0.05) is 6.54 Å². The second-order valence-corrected chi connectivity index (χ2v) is 6.14. The van der Waals surface area contributed by atoms with Crippen LogP contribution in [0.25, 0.3) is 0 Å². The molecule has 1 fully saturated rings. The van der Waals surface area contributed by atoms with Crippen LogP contribution in [-0.2, 0) is 16.1 Å². The van der Waals surface area contributed by atoms with E-state index in [2.05, 4.69) is 5.32 Å². The molecule has 0 saturated carbocycles. The quantitative estimate of drug-likeness (QED) is 0.659. The maximum absolute atomic E-state index is 12.3. The molecular weight excluding hydrogens is 294 g/mol. The van der Waals surface area contributed by atoms with E-state index in [1.54, 1.807) is 7.11 Å². The normalized spacial score (nSPS) is 22.2. The number of quaternary nitrogens is 1. The first-order chi connectivity index (χ1) is 11.0. The number of amides is 2. The number of piperidine rings is 1. The van der Waals surface area contributed by atoms with Crippen LogP contribution in [0.5, 0.6) is 5.75 Å². The second-order valence-electron chi connectivity index (χ2n) is 6.14. The summed E-state index contributed by atoms with van der Waals surface area (Å²) in [7, 11) is 1.62. The van der Waals surface area contributed by atoms with E-state index in [1.807, 2.05) is 31.2 Å². The SMILES string of the molecule is COc1ccc(CNC(=O)[C@H](C)[NH+]2CCC[C@H](C(N)=O)C2)cc1. The van der Waals surface area contributed by atoms with Crippen LogP contribution in [0.4, 0.5) is 0 Å². The predicted molar refractivity (Wildman–Crippen MR) is 86.9 cm³/mol. The van der Waals surface area contributed by atoms with Gasteiger partial charge in [-0.05, 0) is 37.5 Å². The highest BCUT2D eigenvalue weighted by Gasteiger charge is 2.33. The van der Waals surface area contributed by atoms with Gasteiger partial charge >= 0.3 is 0 Å². The van der Waals surface area contributed by atoms with E-state index in [-0.39, 0.29) is 23.8 Å². The zero-order chi connectivity index (χ0) is 16.8. The minimum atomic E-state index is -0.256. The van der Waals surface area contributed by atoms with Crippen molar-refractivity contribution in [3.05, 3.63) is 29.8 Å². The smallest absolute Gasteiger partial charge is 0.278 e. The zero-order valence-electron chi connectivity index (χ0n) is 13.8. The van der Waals surface area contributed by atoms with Crippen molar-refractivity contribution in [1.82, 2.24) is 5.32 Å². The Hall–Kier alpha value is -2.08. The molecule has 6 heteroatoms. The highest BCUT2D eigenvalue weighted by atomic mass is 16.5. The van der Waals surface area contributed by atoms with Gasteiger partial charge in [-0.1, -0.05) is 12.1 Å². The van der Waals surface area contributed by atoms with Crippen molar-refractivity contribution in [2.24, 2.45) is 11.7 Å². The summed E-state index contributed by atoms with van der Waals surface area (Å²) in [4.78, 5) is 24.8. The number of hydrogen-bond donors (Lipinski definition) is 3. The van der Waals surface area contributed by atoms with Crippen molar-refractivity contribution in [3.8, 4) is 5.75 Å². The Morgan fingerprint density at radius 2 is 2.09 bits per heavy atom. The average Bonchev–Trinajstić information content (AvgIpc) is 2.59. The van der Waals surface area contributed by atoms with Gasteiger partial charge in [0.2, 0.25) is 5.91 Å². The highest BCUT2D eigenvalue weighted by molar-refractivity contribution is 5.80. The van der Waals surface area contributed by atoms with Crippen LogP contribution in [0.15, 0.2) is 24.3 Å². The fourth-order valence-corrected chi connectivity index (χ4v) is 3.00. The molecular formula is C17H26N3O3+. The second kappa shape index (κ2) is 7.97. The molecule has 0 aliphatic carbocycles. The molecule has 1 unspecified atom stereocenters. The molecule has 3 atom stereocenters. The summed E-state index contributed by atoms with van der Waals surface area (Å²) in [5, 5.41) is 2.96. The van der Waals surface area contributed by atoms with Crippen molar-refractivity contribution >= 4 is 11.8 Å². The molecule has 23 heavy (non-hydrogen) atoms. The Kier molecular flexibility index (Phi) is 5.98. The number of hydrogen-bond acceptors (Lipinski definition) is 3. The van der Waals surface area contributed by atoms with Gasteiger partial charge in [-0.25, -0.2) is 0 Å². The first-order valence-electron chi connectivity index (χ1n) is 8.05. The molecule has 126 valence electrons. The first-order valence-corrected chi connectivity index (χ1v) is 8.05. The van der Waals surface area contributed by atoms with Crippen LogP contribution in [0.3, 0.4) is 0 Å². The fraction of sp³-hybridized carbons (Fsp3) is 0.529. The van der Waals surface area contributed by atoms with Crippen LogP contribution in [-0.4, -0.2) is 38.1 Å². The maximum Gasteiger partial charge on any atom is 0.278 e. The van der Waals surface area contributed by atoms with Crippen LogP contribution in [0.2, 0.25) is 0 Å². The van der Waals surface area contributed by atoms with Crippen LogP contribution < -0.4 is 20.7 Å². The molecule has 1 heterocycles. The van der Waals surface area contributed by atoms with Gasteiger partial charge in [0.25, 0.3) is 5.91 Å². The lowest BCUT2D eigenvalue weighted by Gasteiger charge is -2.31. The molecule has 0 spiro atoms. The van der Waals surface area contributed by atoms with E-state index >= 15 is 0 Å². The van der Waals surface area contributed by atoms with Crippen LogP contribution in [0.1, 0.15) is 25.3 Å². The summed E-state index contributed by atoms with van der Waals surface area (Å²) in [6.45, 7) is 3.94. The molecule has 0 radical (unpaired) electrons. The Bertz CT molecular complexity index is 545. The fourth-order valence-electron chi connectivity index (χ4n) is 3.00. The minimum Gasteiger partial charge on any atom is -0.497 e. The largest absolute Gasteiger partial charge is 0.497 e. The lowest BCUT2D eigenvalue weighted by Crippen LogP contribution is -3.18. The molecule has 1 aliphatic rings. The zero-order valence-corrected chi connectivity index (χ0v) is 13.8. The molecule has 1 aromatic rings. The minimum absolute atomic E-state index is 0.000869. The number of carbonyl (C=O) groups excluding carboxylic acids is 2. The number of likely N-dealkylation sites (tertiary alicyclic amines) is 1. The molecule has 1 aromatic carbocycles. The van der Waals surface area contributed by atoms with Gasteiger partial charge in [-0.2, -0.15) is 0 Å². The highest BCUT2D eigenvalue weighted by Crippen LogP contribution is 2.11. The molecule has 1 aliphatic heterocycles. The first kappa shape index (κ1) is 17.3. The topological polar surface area (TPSA) is 85.9 Å².